The number of methoxy groups -OCH3 is 1. The fourth-order valence-corrected chi connectivity index (χ4v) is 3.17. The van der Waals surface area contributed by atoms with Crippen LogP contribution in [0.4, 0.5) is 17.1 Å². The standard InChI is InChI=1S/C17H20ClN3O3/c1-24-10-5-19-14-15(17(23)16(14)22)21-8-6-20(7-9-21)13-4-2-3-12(18)11-13/h2-4,11,19H,5-10H2,1H3. The third-order valence-electron chi connectivity index (χ3n) is 4.26. The first-order chi connectivity index (χ1) is 11.6. The molecule has 1 aliphatic heterocycles. The van der Waals surface area contributed by atoms with Gasteiger partial charge in [0.1, 0.15) is 11.4 Å². The maximum Gasteiger partial charge on any atom is 0.253 e. The van der Waals surface area contributed by atoms with Crippen molar-refractivity contribution in [1.82, 2.24) is 0 Å². The summed E-state index contributed by atoms with van der Waals surface area (Å²) in [6.07, 6.45) is 0. The molecule has 128 valence electrons. The van der Waals surface area contributed by atoms with Crippen LogP contribution in [0, 0.1) is 0 Å². The van der Waals surface area contributed by atoms with E-state index in [9.17, 15) is 9.59 Å². The molecule has 0 aliphatic carbocycles. The van der Waals surface area contributed by atoms with Crippen LogP contribution in [-0.4, -0.2) is 46.4 Å². The molecule has 0 atom stereocenters. The average molecular weight is 350 g/mol. The van der Waals surface area contributed by atoms with Crippen LogP contribution < -0.4 is 26.0 Å². The molecule has 7 heteroatoms. The first-order valence-corrected chi connectivity index (χ1v) is 8.31. The maximum absolute atomic E-state index is 11.9. The van der Waals surface area contributed by atoms with Gasteiger partial charge >= 0.3 is 0 Å². The number of piperazine rings is 1. The lowest BCUT2D eigenvalue weighted by Crippen LogP contribution is -2.51. The fourth-order valence-electron chi connectivity index (χ4n) is 2.98. The zero-order chi connectivity index (χ0) is 17.1. The van der Waals surface area contributed by atoms with E-state index in [2.05, 4.69) is 10.2 Å². The highest BCUT2D eigenvalue weighted by Crippen LogP contribution is 2.25. The molecule has 3 rings (SSSR count). The van der Waals surface area contributed by atoms with E-state index < -0.39 is 10.9 Å². The van der Waals surface area contributed by atoms with E-state index in [1.807, 2.05) is 29.2 Å². The van der Waals surface area contributed by atoms with E-state index in [1.165, 1.54) is 0 Å². The number of hydrogen-bond acceptors (Lipinski definition) is 6. The van der Waals surface area contributed by atoms with Gasteiger partial charge in [0.2, 0.25) is 0 Å². The smallest absolute Gasteiger partial charge is 0.253 e. The first-order valence-electron chi connectivity index (χ1n) is 7.93. The van der Waals surface area contributed by atoms with Crippen molar-refractivity contribution in [2.24, 2.45) is 0 Å². The monoisotopic (exact) mass is 349 g/mol. The second-order valence-corrected chi connectivity index (χ2v) is 6.19. The normalized spacial score (nSPS) is 15.1. The quantitative estimate of drug-likeness (QED) is 0.627. The molecule has 1 N–H and O–H groups in total. The van der Waals surface area contributed by atoms with Crippen LogP contribution in [-0.2, 0) is 4.74 Å². The van der Waals surface area contributed by atoms with Gasteiger partial charge in [-0.3, -0.25) is 9.59 Å². The highest BCUT2D eigenvalue weighted by molar-refractivity contribution is 6.30. The molecule has 2 aromatic rings. The lowest BCUT2D eigenvalue weighted by molar-refractivity contribution is 0.210. The van der Waals surface area contributed by atoms with Crippen molar-refractivity contribution in [1.29, 1.82) is 0 Å². The van der Waals surface area contributed by atoms with E-state index in [0.29, 0.717) is 42.6 Å². The van der Waals surface area contributed by atoms with Crippen molar-refractivity contribution in [3.63, 3.8) is 0 Å². The zero-order valence-corrected chi connectivity index (χ0v) is 14.3. The molecule has 0 radical (unpaired) electrons. The van der Waals surface area contributed by atoms with Gasteiger partial charge in [0.15, 0.2) is 0 Å². The van der Waals surface area contributed by atoms with Gasteiger partial charge in [0, 0.05) is 50.5 Å². The summed E-state index contributed by atoms with van der Waals surface area (Å²) in [5.41, 5.74) is 1.19. The molecular weight excluding hydrogens is 330 g/mol. The molecule has 1 fully saturated rings. The summed E-state index contributed by atoms with van der Waals surface area (Å²) in [6.45, 7) is 3.93. The summed E-state index contributed by atoms with van der Waals surface area (Å²) in [4.78, 5) is 27.9. The van der Waals surface area contributed by atoms with Gasteiger partial charge in [-0.15, -0.1) is 0 Å². The van der Waals surface area contributed by atoms with Crippen molar-refractivity contribution in [2.75, 3.05) is 61.6 Å². The lowest BCUT2D eigenvalue weighted by atomic mass is 10.1. The van der Waals surface area contributed by atoms with Gasteiger partial charge in [0.05, 0.1) is 6.61 Å². The molecule has 0 bridgehead atoms. The molecule has 0 spiro atoms. The van der Waals surface area contributed by atoms with E-state index in [4.69, 9.17) is 16.3 Å². The predicted molar refractivity (Wildman–Crippen MR) is 97.6 cm³/mol. The summed E-state index contributed by atoms with van der Waals surface area (Å²) in [5, 5.41) is 3.72. The Kier molecular flexibility index (Phi) is 5.06. The maximum atomic E-state index is 11.9. The summed E-state index contributed by atoms with van der Waals surface area (Å²) in [6, 6.07) is 7.74. The lowest BCUT2D eigenvalue weighted by Gasteiger charge is -2.38. The number of halogens is 1. The molecule has 0 saturated carbocycles. The Bertz CT molecular complexity index is 778. The number of nitrogens with zero attached hydrogens (tertiary/aromatic N) is 2. The first kappa shape index (κ1) is 16.8. The average Bonchev–Trinajstić information content (AvgIpc) is 2.61. The van der Waals surface area contributed by atoms with Crippen LogP contribution in [0.25, 0.3) is 0 Å². The van der Waals surface area contributed by atoms with Gasteiger partial charge in [-0.1, -0.05) is 17.7 Å². The number of anilines is 3. The molecule has 1 saturated heterocycles. The Morgan fingerprint density at radius 2 is 1.83 bits per heavy atom. The molecular formula is C17H20ClN3O3. The molecule has 2 aromatic carbocycles. The summed E-state index contributed by atoms with van der Waals surface area (Å²) in [7, 11) is 1.60. The minimum atomic E-state index is -0.432. The number of ether oxygens (including phenoxy) is 1. The van der Waals surface area contributed by atoms with E-state index in [1.54, 1.807) is 7.11 Å². The Hall–Kier alpha value is -2.05. The molecule has 0 unspecified atom stereocenters. The Balaban J connectivity index is 1.66. The summed E-state index contributed by atoms with van der Waals surface area (Å²) < 4.78 is 4.96. The van der Waals surface area contributed by atoms with Crippen LogP contribution in [0.2, 0.25) is 5.02 Å². The molecule has 0 amide bonds. The third kappa shape index (κ3) is 3.25. The minimum absolute atomic E-state index is 0.397. The van der Waals surface area contributed by atoms with Crippen molar-refractivity contribution >= 4 is 28.7 Å². The van der Waals surface area contributed by atoms with Crippen molar-refractivity contribution in [2.45, 2.75) is 0 Å². The van der Waals surface area contributed by atoms with Crippen molar-refractivity contribution in [3.8, 4) is 0 Å². The van der Waals surface area contributed by atoms with E-state index in [0.717, 1.165) is 18.8 Å². The van der Waals surface area contributed by atoms with Gasteiger partial charge in [-0.2, -0.15) is 0 Å². The summed E-state index contributed by atoms with van der Waals surface area (Å²) in [5.74, 6) is 0. The molecule has 6 nitrogen and oxygen atoms in total. The third-order valence-corrected chi connectivity index (χ3v) is 4.50. The van der Waals surface area contributed by atoms with Crippen LogP contribution >= 0.6 is 11.6 Å². The number of hydrogen-bond donors (Lipinski definition) is 1. The van der Waals surface area contributed by atoms with Gasteiger partial charge in [-0.05, 0) is 18.2 Å². The number of benzene rings is 1. The largest absolute Gasteiger partial charge is 0.383 e. The molecule has 0 aromatic heterocycles. The van der Waals surface area contributed by atoms with Gasteiger partial charge in [0.25, 0.3) is 10.9 Å². The van der Waals surface area contributed by atoms with E-state index >= 15 is 0 Å². The van der Waals surface area contributed by atoms with Crippen LogP contribution in [0.15, 0.2) is 33.9 Å². The SMILES string of the molecule is COCCNc1c(N2CCN(c3cccc(Cl)c3)CC2)c(=O)c1=O. The molecule has 1 heterocycles. The second-order valence-electron chi connectivity index (χ2n) is 5.76. The van der Waals surface area contributed by atoms with Crippen LogP contribution in [0.3, 0.4) is 0 Å². The van der Waals surface area contributed by atoms with Gasteiger partial charge in [-0.25, -0.2) is 0 Å². The highest BCUT2D eigenvalue weighted by Gasteiger charge is 2.28. The predicted octanol–water partition coefficient (Wildman–Crippen LogP) is 1.32. The topological polar surface area (TPSA) is 61.9 Å². The van der Waals surface area contributed by atoms with Crippen LogP contribution in [0.1, 0.15) is 0 Å². The number of nitrogens with one attached hydrogen (secondary N) is 1. The number of rotatable bonds is 6. The Labute approximate surface area is 145 Å². The fraction of sp³-hybridized carbons (Fsp3) is 0.412. The highest BCUT2D eigenvalue weighted by atomic mass is 35.5. The minimum Gasteiger partial charge on any atom is -0.383 e. The van der Waals surface area contributed by atoms with Gasteiger partial charge < -0.3 is 19.9 Å². The Morgan fingerprint density at radius 1 is 1.12 bits per heavy atom. The van der Waals surface area contributed by atoms with E-state index in [-0.39, 0.29) is 0 Å². The molecule has 1 aliphatic rings. The molecule has 24 heavy (non-hydrogen) atoms. The second kappa shape index (κ2) is 7.23. The van der Waals surface area contributed by atoms with Crippen LogP contribution in [0.5, 0.6) is 0 Å². The van der Waals surface area contributed by atoms with Crippen molar-refractivity contribution < 1.29 is 4.74 Å². The summed E-state index contributed by atoms with van der Waals surface area (Å²) >= 11 is 6.04. The van der Waals surface area contributed by atoms with Crippen molar-refractivity contribution in [3.05, 3.63) is 49.7 Å². The Morgan fingerprint density at radius 3 is 2.50 bits per heavy atom. The zero-order valence-electron chi connectivity index (χ0n) is 13.5.